The number of aryl methyl sites for hydroxylation is 1. The highest BCUT2D eigenvalue weighted by Crippen LogP contribution is 2.17. The molecule has 4 aromatic rings. The molecule has 1 fully saturated rings. The minimum atomic E-state index is -0.514. The molecule has 1 atom stereocenters. The summed E-state index contributed by atoms with van der Waals surface area (Å²) in [6.07, 6.45) is 6.32. The smallest absolute Gasteiger partial charge is 0.271 e. The molecule has 0 spiro atoms. The van der Waals surface area contributed by atoms with Gasteiger partial charge in [-0.1, -0.05) is 36.4 Å². The van der Waals surface area contributed by atoms with Gasteiger partial charge in [0.25, 0.3) is 11.5 Å². The summed E-state index contributed by atoms with van der Waals surface area (Å²) >= 11 is 0. The number of ether oxygens (including phenoxy) is 1. The maximum atomic E-state index is 13.4. The molecule has 35 heavy (non-hydrogen) atoms. The Morgan fingerprint density at radius 2 is 2.09 bits per heavy atom. The first-order valence-corrected chi connectivity index (χ1v) is 11.4. The third-order valence-corrected chi connectivity index (χ3v) is 6.07. The van der Waals surface area contributed by atoms with Gasteiger partial charge in [-0.3, -0.25) is 14.0 Å². The monoisotopic (exact) mass is 465 g/mol. The van der Waals surface area contributed by atoms with E-state index in [4.69, 9.17) is 9.72 Å². The van der Waals surface area contributed by atoms with Crippen molar-refractivity contribution in [3.63, 3.8) is 0 Å². The molecular formula is C27H23N5O3. The highest BCUT2D eigenvalue weighted by molar-refractivity contribution is 5.92. The maximum Gasteiger partial charge on any atom is 0.271 e. The van der Waals surface area contributed by atoms with E-state index in [-0.39, 0.29) is 28.1 Å². The second-order valence-electron chi connectivity index (χ2n) is 8.47. The van der Waals surface area contributed by atoms with Gasteiger partial charge in [-0.25, -0.2) is 4.98 Å². The summed E-state index contributed by atoms with van der Waals surface area (Å²) in [4.78, 5) is 35.2. The Labute approximate surface area is 201 Å². The zero-order valence-corrected chi connectivity index (χ0v) is 19.2. The summed E-state index contributed by atoms with van der Waals surface area (Å²) in [7, 11) is 0. The lowest BCUT2D eigenvalue weighted by Gasteiger charge is -2.17. The van der Waals surface area contributed by atoms with Gasteiger partial charge in [0.05, 0.1) is 23.6 Å². The van der Waals surface area contributed by atoms with Crippen molar-refractivity contribution < 1.29 is 9.53 Å². The first kappa shape index (κ1) is 22.4. The van der Waals surface area contributed by atoms with Crippen LogP contribution in [0.3, 0.4) is 0 Å². The average molecular weight is 466 g/mol. The lowest BCUT2D eigenvalue weighted by Crippen LogP contribution is -2.32. The summed E-state index contributed by atoms with van der Waals surface area (Å²) in [5, 5.41) is 10.2. The molecule has 3 aromatic heterocycles. The molecule has 0 radical (unpaired) electrons. The number of fused-ring (bicyclic) bond motifs is 2. The van der Waals surface area contributed by atoms with E-state index >= 15 is 0 Å². The fourth-order valence-electron chi connectivity index (χ4n) is 4.33. The van der Waals surface area contributed by atoms with Crippen LogP contribution in [0.1, 0.15) is 29.5 Å². The van der Waals surface area contributed by atoms with Gasteiger partial charge in [0.2, 0.25) is 0 Å². The molecule has 0 saturated carbocycles. The van der Waals surface area contributed by atoms with E-state index in [1.54, 1.807) is 22.9 Å². The molecular weight excluding hydrogens is 442 g/mol. The van der Waals surface area contributed by atoms with E-state index in [0.29, 0.717) is 24.4 Å². The van der Waals surface area contributed by atoms with E-state index in [0.717, 1.165) is 24.0 Å². The van der Waals surface area contributed by atoms with E-state index in [2.05, 4.69) is 11.1 Å². The van der Waals surface area contributed by atoms with E-state index in [9.17, 15) is 14.9 Å². The topological polar surface area (TPSA) is 102 Å². The van der Waals surface area contributed by atoms with Crippen LogP contribution >= 0.6 is 0 Å². The third-order valence-electron chi connectivity index (χ3n) is 6.07. The van der Waals surface area contributed by atoms with Crippen molar-refractivity contribution in [1.82, 2.24) is 14.0 Å². The molecule has 0 aliphatic carbocycles. The molecule has 174 valence electrons. The number of hydrogen-bond donors (Lipinski definition) is 0. The van der Waals surface area contributed by atoms with Crippen LogP contribution in [0.25, 0.3) is 22.8 Å². The van der Waals surface area contributed by atoms with Crippen molar-refractivity contribution >= 4 is 28.7 Å². The van der Waals surface area contributed by atoms with Crippen LogP contribution in [0, 0.1) is 18.3 Å². The quantitative estimate of drug-likeness (QED) is 0.340. The SMILES string of the molecule is Cc1cccn2c(=O)c3cc(C#N)c(=NC(=O)/C=C\c4ccccc4)n(C[C@H]4CCCO4)c3nc12. The second-order valence-corrected chi connectivity index (χ2v) is 8.47. The molecule has 0 bridgehead atoms. The fourth-order valence-corrected chi connectivity index (χ4v) is 4.33. The molecule has 1 aliphatic heterocycles. The van der Waals surface area contributed by atoms with Crippen molar-refractivity contribution in [2.45, 2.75) is 32.4 Å². The van der Waals surface area contributed by atoms with E-state index in [1.165, 1.54) is 16.5 Å². The van der Waals surface area contributed by atoms with Gasteiger partial charge in [-0.05, 0) is 49.1 Å². The molecule has 8 nitrogen and oxygen atoms in total. The number of amides is 1. The van der Waals surface area contributed by atoms with Crippen LogP contribution in [0.2, 0.25) is 0 Å². The molecule has 0 N–H and O–H groups in total. The van der Waals surface area contributed by atoms with Crippen LogP contribution in [-0.4, -0.2) is 32.6 Å². The van der Waals surface area contributed by atoms with E-state index < -0.39 is 5.91 Å². The number of nitrogens with zero attached hydrogens (tertiary/aromatic N) is 5. The summed E-state index contributed by atoms with van der Waals surface area (Å²) in [6, 6.07) is 16.7. The number of carbonyl (C=O) groups excluding carboxylic acids is 1. The molecule has 0 unspecified atom stereocenters. The molecule has 1 aromatic carbocycles. The Morgan fingerprint density at radius 1 is 1.26 bits per heavy atom. The number of nitriles is 1. The fraction of sp³-hybridized carbons (Fsp3) is 0.222. The number of aromatic nitrogens is 3. The number of carbonyl (C=O) groups is 1. The minimum Gasteiger partial charge on any atom is -0.376 e. The second kappa shape index (κ2) is 9.49. The Hall–Kier alpha value is -4.35. The lowest BCUT2D eigenvalue weighted by molar-refractivity contribution is -0.113. The van der Waals surface area contributed by atoms with Gasteiger partial charge in [0, 0.05) is 18.9 Å². The van der Waals surface area contributed by atoms with Crippen LogP contribution < -0.4 is 11.0 Å². The van der Waals surface area contributed by atoms with Gasteiger partial charge in [-0.2, -0.15) is 10.3 Å². The highest BCUT2D eigenvalue weighted by Gasteiger charge is 2.21. The maximum absolute atomic E-state index is 13.4. The molecule has 5 rings (SSSR count). The largest absolute Gasteiger partial charge is 0.376 e. The molecule has 8 heteroatoms. The average Bonchev–Trinajstić information content (AvgIpc) is 3.39. The normalized spacial score (nSPS) is 16.3. The van der Waals surface area contributed by atoms with Gasteiger partial charge in [0.15, 0.2) is 5.49 Å². The Morgan fingerprint density at radius 3 is 2.83 bits per heavy atom. The Balaban J connectivity index is 1.76. The summed E-state index contributed by atoms with van der Waals surface area (Å²) in [5.74, 6) is -0.514. The number of hydrogen-bond acceptors (Lipinski definition) is 5. The van der Waals surface area contributed by atoms with Crippen LogP contribution in [0.4, 0.5) is 0 Å². The van der Waals surface area contributed by atoms with Gasteiger partial charge in [-0.15, -0.1) is 0 Å². The lowest BCUT2D eigenvalue weighted by atomic mass is 10.2. The molecule has 4 heterocycles. The predicted molar refractivity (Wildman–Crippen MR) is 131 cm³/mol. The number of rotatable bonds is 4. The van der Waals surface area contributed by atoms with Crippen molar-refractivity contribution in [2.24, 2.45) is 4.99 Å². The van der Waals surface area contributed by atoms with Gasteiger partial charge >= 0.3 is 0 Å². The van der Waals surface area contributed by atoms with E-state index in [1.807, 2.05) is 43.3 Å². The van der Waals surface area contributed by atoms with Gasteiger partial charge < -0.3 is 9.30 Å². The predicted octanol–water partition coefficient (Wildman–Crippen LogP) is 3.15. The summed E-state index contributed by atoms with van der Waals surface area (Å²) < 4.78 is 8.99. The molecule has 1 aliphatic rings. The van der Waals surface area contributed by atoms with Crippen LogP contribution in [0.5, 0.6) is 0 Å². The molecule has 1 saturated heterocycles. The summed E-state index contributed by atoms with van der Waals surface area (Å²) in [5.41, 5.74) is 2.59. The van der Waals surface area contributed by atoms with Crippen LogP contribution in [-0.2, 0) is 16.1 Å². The highest BCUT2D eigenvalue weighted by atomic mass is 16.5. The van der Waals surface area contributed by atoms with Crippen molar-refractivity contribution in [3.05, 3.63) is 93.3 Å². The molecule has 1 amide bonds. The first-order chi connectivity index (χ1) is 17.0. The zero-order chi connectivity index (χ0) is 24.4. The Bertz CT molecular complexity index is 1640. The van der Waals surface area contributed by atoms with Crippen molar-refractivity contribution in [3.8, 4) is 6.07 Å². The standard InChI is InChI=1S/C27H23N5O3/c1-18-7-5-13-31-24(18)30-26-22(27(31)34)15-20(16-28)25(32(26)17-21-10-6-14-35-21)29-23(33)12-11-19-8-3-2-4-9-19/h2-5,7-9,11-13,15,21H,6,10,14,17H2,1H3/b12-11-,29-25?/t21-/m1/s1. The van der Waals surface area contributed by atoms with Crippen molar-refractivity contribution in [2.75, 3.05) is 6.61 Å². The zero-order valence-electron chi connectivity index (χ0n) is 19.2. The Kier molecular flexibility index (Phi) is 6.08. The third kappa shape index (κ3) is 4.42. The number of benzene rings is 1. The summed E-state index contributed by atoms with van der Waals surface area (Å²) in [6.45, 7) is 2.85. The minimum absolute atomic E-state index is 0.127. The first-order valence-electron chi connectivity index (χ1n) is 11.4. The van der Waals surface area contributed by atoms with Gasteiger partial charge in [0.1, 0.15) is 17.4 Å². The number of pyridine rings is 2. The van der Waals surface area contributed by atoms with Crippen LogP contribution in [0.15, 0.2) is 70.6 Å². The van der Waals surface area contributed by atoms with Crippen molar-refractivity contribution in [1.29, 1.82) is 5.26 Å².